The highest BCUT2D eigenvalue weighted by molar-refractivity contribution is 6.30. The lowest BCUT2D eigenvalue weighted by molar-refractivity contribution is 0.0864. The van der Waals surface area contributed by atoms with Crippen molar-refractivity contribution in [3.63, 3.8) is 0 Å². The van der Waals surface area contributed by atoms with Gasteiger partial charge in [-0.05, 0) is 43.4 Å². The summed E-state index contributed by atoms with van der Waals surface area (Å²) in [5.41, 5.74) is 1.23. The molecule has 1 aliphatic carbocycles. The van der Waals surface area contributed by atoms with Gasteiger partial charge in [0.25, 0.3) is 11.8 Å². The highest BCUT2D eigenvalue weighted by atomic mass is 35.5. The Bertz CT molecular complexity index is 856. The third kappa shape index (κ3) is 4.56. The average Bonchev–Trinajstić information content (AvgIpc) is 3.14. The smallest absolute Gasteiger partial charge is 0.286 e. The van der Waals surface area contributed by atoms with E-state index in [1.54, 1.807) is 6.07 Å². The molecule has 0 saturated heterocycles. The SMILES string of the molecule is CNC(=O)c1cc(C(=O)N[C@H]2CC[C@H](O)CC2)c(C(C)c2cccc(Cl)c2)o1. The van der Waals surface area contributed by atoms with Crippen LogP contribution in [0.4, 0.5) is 0 Å². The first-order valence-corrected chi connectivity index (χ1v) is 9.87. The normalized spacial score (nSPS) is 20.4. The quantitative estimate of drug-likeness (QED) is 0.711. The van der Waals surface area contributed by atoms with E-state index in [1.165, 1.54) is 13.1 Å². The molecular weight excluding hydrogens is 380 g/mol. The molecule has 6 nitrogen and oxygen atoms in total. The van der Waals surface area contributed by atoms with Crippen LogP contribution >= 0.6 is 11.6 Å². The number of hydrogen-bond acceptors (Lipinski definition) is 4. The van der Waals surface area contributed by atoms with Crippen LogP contribution in [-0.4, -0.2) is 36.1 Å². The zero-order valence-corrected chi connectivity index (χ0v) is 16.8. The number of amides is 2. The predicted molar refractivity (Wildman–Crippen MR) is 107 cm³/mol. The minimum Gasteiger partial charge on any atom is -0.454 e. The monoisotopic (exact) mass is 404 g/mol. The van der Waals surface area contributed by atoms with Crippen LogP contribution in [0.5, 0.6) is 0 Å². The third-order valence-electron chi connectivity index (χ3n) is 5.23. The molecule has 1 heterocycles. The van der Waals surface area contributed by atoms with Crippen LogP contribution in [0.25, 0.3) is 0 Å². The number of hydrogen-bond donors (Lipinski definition) is 3. The predicted octanol–water partition coefficient (Wildman–Crippen LogP) is 3.48. The maximum atomic E-state index is 13.0. The Labute approximate surface area is 169 Å². The van der Waals surface area contributed by atoms with Crippen molar-refractivity contribution < 1.29 is 19.1 Å². The van der Waals surface area contributed by atoms with Gasteiger partial charge in [0.2, 0.25) is 0 Å². The molecule has 150 valence electrons. The molecule has 1 atom stereocenters. The van der Waals surface area contributed by atoms with Gasteiger partial charge in [0, 0.05) is 30.1 Å². The van der Waals surface area contributed by atoms with E-state index in [2.05, 4.69) is 10.6 Å². The lowest BCUT2D eigenvalue weighted by Gasteiger charge is -2.26. The van der Waals surface area contributed by atoms with Crippen LogP contribution in [-0.2, 0) is 0 Å². The molecule has 1 aliphatic rings. The van der Waals surface area contributed by atoms with Crippen LogP contribution in [0.2, 0.25) is 5.02 Å². The molecule has 3 rings (SSSR count). The van der Waals surface area contributed by atoms with Gasteiger partial charge >= 0.3 is 0 Å². The van der Waals surface area contributed by atoms with Crippen molar-refractivity contribution in [3.05, 3.63) is 58.0 Å². The first-order chi connectivity index (χ1) is 13.4. The molecule has 1 aromatic heterocycles. The zero-order chi connectivity index (χ0) is 20.3. The number of carbonyl (C=O) groups is 2. The van der Waals surface area contributed by atoms with Gasteiger partial charge in [0.05, 0.1) is 11.7 Å². The van der Waals surface area contributed by atoms with Crippen molar-refractivity contribution in [1.82, 2.24) is 10.6 Å². The van der Waals surface area contributed by atoms with Crippen LogP contribution < -0.4 is 10.6 Å². The second-order valence-electron chi connectivity index (χ2n) is 7.22. The van der Waals surface area contributed by atoms with Gasteiger partial charge in [-0.25, -0.2) is 0 Å². The number of aliphatic hydroxyl groups excluding tert-OH is 1. The summed E-state index contributed by atoms with van der Waals surface area (Å²) in [5, 5.41) is 15.8. The van der Waals surface area contributed by atoms with Crippen LogP contribution in [0, 0.1) is 0 Å². The number of furan rings is 1. The molecular formula is C21H25ClN2O4. The fraction of sp³-hybridized carbons (Fsp3) is 0.429. The van der Waals surface area contributed by atoms with Gasteiger partial charge in [-0.2, -0.15) is 0 Å². The Kier molecular flexibility index (Phi) is 6.42. The molecule has 0 aliphatic heterocycles. The van der Waals surface area contributed by atoms with E-state index < -0.39 is 0 Å². The van der Waals surface area contributed by atoms with Gasteiger partial charge in [0.1, 0.15) is 5.76 Å². The van der Waals surface area contributed by atoms with E-state index in [4.69, 9.17) is 16.0 Å². The Morgan fingerprint density at radius 1 is 1.18 bits per heavy atom. The number of carbonyl (C=O) groups excluding carboxylic acids is 2. The molecule has 0 spiro atoms. The molecule has 7 heteroatoms. The van der Waals surface area contributed by atoms with E-state index in [-0.39, 0.29) is 35.6 Å². The maximum absolute atomic E-state index is 13.0. The molecule has 1 aromatic carbocycles. The number of benzene rings is 1. The molecule has 28 heavy (non-hydrogen) atoms. The lowest BCUT2D eigenvalue weighted by atomic mass is 9.92. The summed E-state index contributed by atoms with van der Waals surface area (Å²) in [7, 11) is 1.51. The number of halogens is 1. The summed E-state index contributed by atoms with van der Waals surface area (Å²) < 4.78 is 5.79. The first-order valence-electron chi connectivity index (χ1n) is 9.49. The van der Waals surface area contributed by atoms with Crippen molar-refractivity contribution in [3.8, 4) is 0 Å². The highest BCUT2D eigenvalue weighted by Gasteiger charge is 2.28. The molecule has 2 amide bonds. The van der Waals surface area contributed by atoms with E-state index in [0.717, 1.165) is 18.4 Å². The summed E-state index contributed by atoms with van der Waals surface area (Å²) in [6.45, 7) is 1.91. The largest absolute Gasteiger partial charge is 0.454 e. The van der Waals surface area contributed by atoms with Crippen molar-refractivity contribution in [1.29, 1.82) is 0 Å². The Balaban J connectivity index is 1.89. The van der Waals surface area contributed by atoms with E-state index in [9.17, 15) is 14.7 Å². The second kappa shape index (κ2) is 8.80. The van der Waals surface area contributed by atoms with Crippen LogP contribution in [0.1, 0.15) is 70.8 Å². The summed E-state index contributed by atoms with van der Waals surface area (Å²) in [6.07, 6.45) is 2.51. The average molecular weight is 405 g/mol. The van der Waals surface area contributed by atoms with E-state index >= 15 is 0 Å². The molecule has 0 radical (unpaired) electrons. The minimum absolute atomic E-state index is 0.00331. The Hall–Kier alpha value is -2.31. The number of nitrogens with one attached hydrogen (secondary N) is 2. The third-order valence-corrected chi connectivity index (χ3v) is 5.47. The standard InChI is InChI=1S/C21H25ClN2O4/c1-12(13-4-3-5-14(22)10-13)19-17(11-18(28-19)21(27)23-2)20(26)24-15-6-8-16(25)9-7-15/h3-5,10-12,15-16,25H,6-9H2,1-2H3,(H,23,27)(H,24,26)/t12?,15-,16-. The fourth-order valence-electron chi connectivity index (χ4n) is 3.55. The zero-order valence-electron chi connectivity index (χ0n) is 16.0. The van der Waals surface area contributed by atoms with Crippen molar-refractivity contribution in [2.75, 3.05) is 7.05 Å². The maximum Gasteiger partial charge on any atom is 0.286 e. The minimum atomic E-state index is -0.389. The number of aliphatic hydroxyl groups is 1. The molecule has 0 bridgehead atoms. The Morgan fingerprint density at radius 3 is 2.54 bits per heavy atom. The van der Waals surface area contributed by atoms with Crippen LogP contribution in [0.15, 0.2) is 34.7 Å². The Morgan fingerprint density at radius 2 is 1.89 bits per heavy atom. The lowest BCUT2D eigenvalue weighted by Crippen LogP contribution is -2.38. The van der Waals surface area contributed by atoms with Crippen molar-refractivity contribution in [2.45, 2.75) is 50.7 Å². The summed E-state index contributed by atoms with van der Waals surface area (Å²) in [5.74, 6) is -0.403. The summed E-state index contributed by atoms with van der Waals surface area (Å²) >= 11 is 6.10. The topological polar surface area (TPSA) is 91.6 Å². The van der Waals surface area contributed by atoms with E-state index in [0.29, 0.717) is 29.2 Å². The molecule has 1 fully saturated rings. The molecule has 1 unspecified atom stereocenters. The van der Waals surface area contributed by atoms with Gasteiger partial charge in [-0.1, -0.05) is 30.7 Å². The molecule has 3 N–H and O–H groups in total. The molecule has 1 saturated carbocycles. The van der Waals surface area contributed by atoms with Gasteiger partial charge in [0.15, 0.2) is 5.76 Å². The second-order valence-corrected chi connectivity index (χ2v) is 7.66. The summed E-state index contributed by atoms with van der Waals surface area (Å²) in [6, 6.07) is 8.83. The molecule has 2 aromatic rings. The van der Waals surface area contributed by atoms with Crippen LogP contribution in [0.3, 0.4) is 0 Å². The highest BCUT2D eigenvalue weighted by Crippen LogP contribution is 2.31. The van der Waals surface area contributed by atoms with Gasteiger partial charge in [-0.3, -0.25) is 9.59 Å². The van der Waals surface area contributed by atoms with Gasteiger partial charge < -0.3 is 20.2 Å². The first kappa shape index (κ1) is 20.4. The summed E-state index contributed by atoms with van der Waals surface area (Å²) in [4.78, 5) is 25.0. The fourth-order valence-corrected chi connectivity index (χ4v) is 3.75. The van der Waals surface area contributed by atoms with Gasteiger partial charge in [-0.15, -0.1) is 0 Å². The van der Waals surface area contributed by atoms with E-state index in [1.807, 2.05) is 25.1 Å². The number of rotatable bonds is 5. The van der Waals surface area contributed by atoms with Crippen molar-refractivity contribution in [2.24, 2.45) is 0 Å². The van der Waals surface area contributed by atoms with Crippen molar-refractivity contribution >= 4 is 23.4 Å².